The summed E-state index contributed by atoms with van der Waals surface area (Å²) in [5.74, 6) is -0.449. The number of hydrogen-bond donors (Lipinski definition) is 0. The van der Waals surface area contributed by atoms with E-state index in [1.807, 2.05) is 0 Å². The van der Waals surface area contributed by atoms with Crippen molar-refractivity contribution in [1.82, 2.24) is 0 Å². The average Bonchev–Trinajstić information content (AvgIpc) is 3.20. The molecule has 0 N–H and O–H groups in total. The Bertz CT molecular complexity index is 790. The van der Waals surface area contributed by atoms with Crippen LogP contribution in [-0.2, 0) is 17.6 Å². The van der Waals surface area contributed by atoms with Crippen molar-refractivity contribution in [2.45, 2.75) is 26.2 Å². The van der Waals surface area contributed by atoms with E-state index in [4.69, 9.17) is 9.15 Å². The van der Waals surface area contributed by atoms with E-state index in [0.717, 1.165) is 29.7 Å². The van der Waals surface area contributed by atoms with E-state index >= 15 is 0 Å². The van der Waals surface area contributed by atoms with Gasteiger partial charge < -0.3 is 9.15 Å². The molecule has 2 aromatic heterocycles. The monoisotopic (exact) mass is 334 g/mol. The van der Waals surface area contributed by atoms with E-state index in [1.165, 1.54) is 29.7 Å². The lowest BCUT2D eigenvalue weighted by molar-refractivity contribution is -0.402. The van der Waals surface area contributed by atoms with Crippen molar-refractivity contribution < 1.29 is 18.9 Å². The van der Waals surface area contributed by atoms with Crippen LogP contribution in [0.5, 0.6) is 0 Å². The van der Waals surface area contributed by atoms with Crippen molar-refractivity contribution in [2.75, 3.05) is 6.61 Å². The maximum Gasteiger partial charge on any atom is 0.433 e. The molecular weight excluding hydrogens is 320 g/mol. The quantitative estimate of drug-likeness (QED) is 0.360. The third-order valence-corrected chi connectivity index (χ3v) is 4.68. The summed E-state index contributed by atoms with van der Waals surface area (Å²) in [5.41, 5.74) is 1.53. The van der Waals surface area contributed by atoms with E-state index in [-0.39, 0.29) is 17.6 Å². The normalized spacial score (nSPS) is 13.4. The zero-order valence-electron chi connectivity index (χ0n) is 12.4. The van der Waals surface area contributed by atoms with Crippen molar-refractivity contribution in [3.63, 3.8) is 0 Å². The molecule has 0 aromatic carbocycles. The minimum absolute atomic E-state index is 0.264. The van der Waals surface area contributed by atoms with Crippen LogP contribution < -0.4 is 0 Å². The van der Waals surface area contributed by atoms with E-state index in [0.29, 0.717) is 17.2 Å². The molecule has 2 aromatic rings. The van der Waals surface area contributed by atoms with Gasteiger partial charge in [-0.2, -0.15) is 0 Å². The molecule has 0 aliphatic heterocycles. The molecule has 2 heterocycles. The fourth-order valence-electron chi connectivity index (χ4n) is 2.53. The van der Waals surface area contributed by atoms with Gasteiger partial charge in [-0.3, -0.25) is 10.1 Å². The van der Waals surface area contributed by atoms with Crippen LogP contribution in [0.15, 0.2) is 21.5 Å². The first-order valence-corrected chi connectivity index (χ1v) is 8.01. The fourth-order valence-corrected chi connectivity index (χ4v) is 3.75. The van der Waals surface area contributed by atoms with Crippen molar-refractivity contribution in [2.24, 2.45) is 4.99 Å². The molecule has 1 aliphatic rings. The van der Waals surface area contributed by atoms with Crippen molar-refractivity contribution >= 4 is 34.4 Å². The number of aliphatic imine (C=N–C) groups is 1. The van der Waals surface area contributed by atoms with Gasteiger partial charge in [0.2, 0.25) is 0 Å². The second-order valence-corrected chi connectivity index (χ2v) is 6.03. The van der Waals surface area contributed by atoms with E-state index < -0.39 is 4.92 Å². The van der Waals surface area contributed by atoms with Crippen molar-refractivity contribution in [3.05, 3.63) is 44.0 Å². The highest BCUT2D eigenvalue weighted by Gasteiger charge is 2.27. The number of furan rings is 1. The number of fused-ring (bicyclic) bond motifs is 1. The Morgan fingerprint density at radius 1 is 1.52 bits per heavy atom. The van der Waals surface area contributed by atoms with Crippen LogP contribution in [0.2, 0.25) is 0 Å². The Kier molecular flexibility index (Phi) is 4.24. The lowest BCUT2D eigenvalue weighted by Gasteiger charge is -2.03. The molecule has 120 valence electrons. The number of nitrogens with zero attached hydrogens (tertiary/aromatic N) is 2. The Balaban J connectivity index is 1.91. The summed E-state index contributed by atoms with van der Waals surface area (Å²) < 4.78 is 10.2. The summed E-state index contributed by atoms with van der Waals surface area (Å²) in [6.45, 7) is 2.06. The van der Waals surface area contributed by atoms with Crippen LogP contribution in [0.1, 0.15) is 39.9 Å². The summed E-state index contributed by atoms with van der Waals surface area (Å²) in [6, 6.07) is 2.73. The minimum Gasteiger partial charge on any atom is -0.462 e. The smallest absolute Gasteiger partial charge is 0.433 e. The number of hydrogen-bond acceptors (Lipinski definition) is 7. The second-order valence-electron chi connectivity index (χ2n) is 4.95. The first-order valence-electron chi connectivity index (χ1n) is 7.20. The third-order valence-electron chi connectivity index (χ3n) is 3.48. The highest BCUT2D eigenvalue weighted by atomic mass is 32.1. The molecule has 0 unspecified atom stereocenters. The number of carbonyl (C=O) groups is 1. The van der Waals surface area contributed by atoms with Crippen LogP contribution in [0.4, 0.5) is 10.9 Å². The van der Waals surface area contributed by atoms with Crippen molar-refractivity contribution in [1.29, 1.82) is 0 Å². The fraction of sp³-hybridized carbons (Fsp3) is 0.333. The lowest BCUT2D eigenvalue weighted by atomic mass is 10.1. The number of ether oxygens (including phenoxy) is 1. The minimum atomic E-state index is -0.610. The molecule has 1 aliphatic carbocycles. The molecule has 23 heavy (non-hydrogen) atoms. The molecule has 0 saturated carbocycles. The van der Waals surface area contributed by atoms with Gasteiger partial charge in [0.25, 0.3) is 0 Å². The van der Waals surface area contributed by atoms with E-state index in [9.17, 15) is 14.9 Å². The van der Waals surface area contributed by atoms with Crippen LogP contribution in [0.3, 0.4) is 0 Å². The molecule has 7 nitrogen and oxygen atoms in total. The SMILES string of the molecule is CCOC(=O)c1c(/N=C/c2ccc([N+](=O)[O-])o2)sc2c1CCC2. The summed E-state index contributed by atoms with van der Waals surface area (Å²) in [5, 5.41) is 11.2. The Morgan fingerprint density at radius 3 is 3.04 bits per heavy atom. The molecule has 0 radical (unpaired) electrons. The van der Waals surface area contributed by atoms with Crippen LogP contribution >= 0.6 is 11.3 Å². The largest absolute Gasteiger partial charge is 0.462 e. The molecule has 0 bridgehead atoms. The van der Waals surface area contributed by atoms with Gasteiger partial charge in [0.1, 0.15) is 9.92 Å². The van der Waals surface area contributed by atoms with Gasteiger partial charge in [0, 0.05) is 4.88 Å². The summed E-state index contributed by atoms with van der Waals surface area (Å²) in [7, 11) is 0. The van der Waals surface area contributed by atoms with Gasteiger partial charge in [0.05, 0.1) is 24.5 Å². The molecule has 0 fully saturated rings. The van der Waals surface area contributed by atoms with Gasteiger partial charge in [0.15, 0.2) is 5.76 Å². The molecule has 0 amide bonds. The first kappa shape index (κ1) is 15.4. The van der Waals surface area contributed by atoms with Gasteiger partial charge in [-0.1, -0.05) is 0 Å². The predicted octanol–water partition coefficient (Wildman–Crippen LogP) is 3.67. The topological polar surface area (TPSA) is 94.9 Å². The van der Waals surface area contributed by atoms with Gasteiger partial charge in [-0.15, -0.1) is 11.3 Å². The van der Waals surface area contributed by atoms with Crippen LogP contribution in [0.25, 0.3) is 0 Å². The number of thiophene rings is 1. The number of nitro groups is 1. The van der Waals surface area contributed by atoms with Crippen molar-refractivity contribution in [3.8, 4) is 0 Å². The van der Waals surface area contributed by atoms with Gasteiger partial charge in [-0.25, -0.2) is 9.79 Å². The highest BCUT2D eigenvalue weighted by molar-refractivity contribution is 7.16. The number of carbonyl (C=O) groups excluding carboxylic acids is 1. The summed E-state index contributed by atoms with van der Waals surface area (Å²) in [4.78, 5) is 27.6. The molecule has 0 spiro atoms. The number of rotatable bonds is 5. The number of aryl methyl sites for hydroxylation is 1. The van der Waals surface area contributed by atoms with Gasteiger partial charge >= 0.3 is 11.9 Å². The Labute approximate surface area is 135 Å². The molecular formula is C15H14N2O5S. The predicted molar refractivity (Wildman–Crippen MR) is 84.9 cm³/mol. The van der Waals surface area contributed by atoms with Crippen LogP contribution in [-0.4, -0.2) is 23.7 Å². The standard InChI is InChI=1S/C15H14N2O5S/c1-2-21-15(18)13-10-4-3-5-11(10)23-14(13)16-8-9-6-7-12(22-9)17(19)20/h6-8H,2-5H2,1H3/b16-8+. The maximum absolute atomic E-state index is 12.2. The van der Waals surface area contributed by atoms with E-state index in [2.05, 4.69) is 4.99 Å². The number of esters is 1. The van der Waals surface area contributed by atoms with E-state index in [1.54, 1.807) is 6.92 Å². The highest BCUT2D eigenvalue weighted by Crippen LogP contribution is 2.41. The lowest BCUT2D eigenvalue weighted by Crippen LogP contribution is -2.06. The Hall–Kier alpha value is -2.48. The first-order chi connectivity index (χ1) is 11.1. The Morgan fingerprint density at radius 2 is 2.35 bits per heavy atom. The molecule has 3 rings (SSSR count). The van der Waals surface area contributed by atoms with Gasteiger partial charge in [-0.05, 0) is 37.8 Å². The summed E-state index contributed by atoms with van der Waals surface area (Å²) >= 11 is 1.46. The molecule has 0 atom stereocenters. The van der Waals surface area contributed by atoms with Crippen LogP contribution in [0, 0.1) is 10.1 Å². The maximum atomic E-state index is 12.2. The summed E-state index contributed by atoms with van der Waals surface area (Å²) in [6.07, 6.45) is 4.20. The third kappa shape index (κ3) is 3.02. The molecule has 0 saturated heterocycles. The zero-order valence-corrected chi connectivity index (χ0v) is 13.2. The zero-order chi connectivity index (χ0) is 16.4. The average molecular weight is 334 g/mol. The second kappa shape index (κ2) is 6.33. The molecule has 8 heteroatoms.